The van der Waals surface area contributed by atoms with Crippen molar-refractivity contribution in [2.24, 2.45) is 16.0 Å². The molecule has 4 aromatic rings. The SMILES string of the molecule is CC(C)(COc1ccn(-c2nccnc2-c2ccccc2CCCCCCN(CC2(CO)COC2)c2ccnc(SN)c2)n1)C(F)(F)F. The lowest BCUT2D eigenvalue weighted by atomic mass is 9.86. The molecule has 1 aliphatic rings. The number of aliphatic hydroxyl groups is 1. The van der Waals surface area contributed by atoms with Crippen molar-refractivity contribution in [1.82, 2.24) is 24.7 Å². The van der Waals surface area contributed by atoms with E-state index in [2.05, 4.69) is 31.0 Å². The van der Waals surface area contributed by atoms with E-state index in [1.54, 1.807) is 24.8 Å². The maximum Gasteiger partial charge on any atom is 0.397 e. The fourth-order valence-electron chi connectivity index (χ4n) is 5.46. The highest BCUT2D eigenvalue weighted by Crippen LogP contribution is 2.38. The minimum atomic E-state index is -4.40. The van der Waals surface area contributed by atoms with Crippen LogP contribution in [0.4, 0.5) is 18.9 Å². The van der Waals surface area contributed by atoms with Crippen molar-refractivity contribution in [3.8, 4) is 23.0 Å². The van der Waals surface area contributed by atoms with E-state index in [0.717, 1.165) is 86.3 Å². The molecule has 0 radical (unpaired) electrons. The molecule has 0 aliphatic carbocycles. The van der Waals surface area contributed by atoms with Gasteiger partial charge in [-0.05, 0) is 62.8 Å². The third-order valence-electron chi connectivity index (χ3n) is 8.59. The first-order valence-electron chi connectivity index (χ1n) is 16.0. The Balaban J connectivity index is 1.19. The van der Waals surface area contributed by atoms with E-state index in [4.69, 9.17) is 14.6 Å². The molecule has 1 aromatic carbocycles. The van der Waals surface area contributed by atoms with Crippen molar-refractivity contribution in [3.63, 3.8) is 0 Å². The summed E-state index contributed by atoms with van der Waals surface area (Å²) in [5.74, 6) is 0.533. The van der Waals surface area contributed by atoms with Gasteiger partial charge in [-0.2, -0.15) is 13.2 Å². The molecule has 0 spiro atoms. The van der Waals surface area contributed by atoms with Gasteiger partial charge < -0.3 is 19.5 Å². The number of hydrogen-bond acceptors (Lipinski definition) is 10. The first-order chi connectivity index (χ1) is 23.0. The van der Waals surface area contributed by atoms with Gasteiger partial charge in [-0.1, -0.05) is 37.1 Å². The molecule has 48 heavy (non-hydrogen) atoms. The van der Waals surface area contributed by atoms with Crippen LogP contribution < -0.4 is 14.8 Å². The lowest BCUT2D eigenvalue weighted by Gasteiger charge is -2.44. The monoisotopic (exact) mass is 685 g/mol. The second-order valence-corrected chi connectivity index (χ2v) is 13.5. The fourth-order valence-corrected chi connectivity index (χ4v) is 5.77. The Morgan fingerprint density at radius 3 is 2.52 bits per heavy atom. The van der Waals surface area contributed by atoms with Crippen LogP contribution in [-0.2, 0) is 11.2 Å². The molecule has 4 heterocycles. The molecule has 1 aliphatic heterocycles. The van der Waals surface area contributed by atoms with E-state index < -0.39 is 18.2 Å². The van der Waals surface area contributed by atoms with Crippen LogP contribution in [0.2, 0.25) is 0 Å². The molecule has 10 nitrogen and oxygen atoms in total. The van der Waals surface area contributed by atoms with E-state index in [9.17, 15) is 18.3 Å². The van der Waals surface area contributed by atoms with Crippen molar-refractivity contribution in [2.75, 3.05) is 44.4 Å². The summed E-state index contributed by atoms with van der Waals surface area (Å²) in [6.07, 6.45) is 6.99. The van der Waals surface area contributed by atoms with Crippen LogP contribution >= 0.6 is 11.9 Å². The van der Waals surface area contributed by atoms with Gasteiger partial charge in [0.25, 0.3) is 0 Å². The highest BCUT2D eigenvalue weighted by Gasteiger charge is 2.48. The maximum absolute atomic E-state index is 13.3. The number of unbranched alkanes of at least 4 members (excludes halogenated alkanes) is 3. The Morgan fingerprint density at radius 2 is 1.79 bits per heavy atom. The normalized spacial score (nSPS) is 14.5. The average Bonchev–Trinajstić information content (AvgIpc) is 3.55. The Bertz CT molecular complexity index is 1630. The number of alkyl halides is 3. The summed E-state index contributed by atoms with van der Waals surface area (Å²) in [5, 5.41) is 20.9. The van der Waals surface area contributed by atoms with Crippen molar-refractivity contribution < 1.29 is 27.8 Å². The summed E-state index contributed by atoms with van der Waals surface area (Å²) < 4.78 is 52.2. The molecule has 258 valence electrons. The van der Waals surface area contributed by atoms with Crippen LogP contribution in [-0.4, -0.2) is 75.5 Å². The molecular weight excluding hydrogens is 643 g/mol. The Hall–Kier alpha value is -3.72. The molecule has 1 fully saturated rings. The molecule has 3 N–H and O–H groups in total. The standard InChI is InChI=1S/C34H42F3N7O3S/c1-32(2,34(35,36)37)22-47-28-13-18-44(42-28)31-30(40-15-16-41-31)27-11-7-6-10-25(27)9-5-3-4-8-17-43(20-33(21-45)23-46-24-33)26-12-14-39-29(19-26)48-38/h6-7,10-16,18-19,45H,3-5,8-9,17,20-24,38H2,1-2H3. The topological polar surface area (TPSA) is 124 Å². The van der Waals surface area contributed by atoms with Crippen molar-refractivity contribution >= 4 is 17.6 Å². The number of halogens is 3. The predicted molar refractivity (Wildman–Crippen MR) is 179 cm³/mol. The van der Waals surface area contributed by atoms with Gasteiger partial charge in [-0.3, -0.25) is 10.1 Å². The number of aliphatic hydroxyl groups excluding tert-OH is 1. The molecule has 5 rings (SSSR count). The third-order valence-corrected chi connectivity index (χ3v) is 9.05. The Labute approximate surface area is 283 Å². The Morgan fingerprint density at radius 1 is 1.02 bits per heavy atom. The molecule has 0 saturated carbocycles. The zero-order chi connectivity index (χ0) is 34.2. The minimum absolute atomic E-state index is 0.0750. The van der Waals surface area contributed by atoms with Crippen LogP contribution in [0.25, 0.3) is 17.1 Å². The van der Waals surface area contributed by atoms with Gasteiger partial charge in [0.2, 0.25) is 5.88 Å². The van der Waals surface area contributed by atoms with Gasteiger partial charge in [0, 0.05) is 55.2 Å². The molecule has 14 heteroatoms. The molecule has 3 aromatic heterocycles. The lowest BCUT2D eigenvalue weighted by Crippen LogP contribution is -2.53. The first-order valence-corrected chi connectivity index (χ1v) is 16.8. The molecule has 0 amide bonds. The highest BCUT2D eigenvalue weighted by molar-refractivity contribution is 7.97. The van der Waals surface area contributed by atoms with Gasteiger partial charge in [0.05, 0.1) is 30.7 Å². The molecular formula is C34H42F3N7O3S. The minimum Gasteiger partial charge on any atom is -0.476 e. The Kier molecular flexibility index (Phi) is 11.6. The molecule has 0 atom stereocenters. The zero-order valence-corrected chi connectivity index (χ0v) is 28.0. The summed E-state index contributed by atoms with van der Waals surface area (Å²) in [6.45, 7) is 4.34. The smallest absolute Gasteiger partial charge is 0.397 e. The van der Waals surface area contributed by atoms with Gasteiger partial charge in [0.15, 0.2) is 5.82 Å². The number of nitrogens with two attached hydrogens (primary N) is 1. The van der Waals surface area contributed by atoms with E-state index >= 15 is 0 Å². The summed E-state index contributed by atoms with van der Waals surface area (Å²) >= 11 is 1.12. The lowest BCUT2D eigenvalue weighted by molar-refractivity contribution is -0.219. The van der Waals surface area contributed by atoms with Gasteiger partial charge >= 0.3 is 6.18 Å². The van der Waals surface area contributed by atoms with Crippen LogP contribution in [0.3, 0.4) is 0 Å². The number of rotatable bonds is 17. The third kappa shape index (κ3) is 8.65. The molecule has 0 unspecified atom stereocenters. The number of benzene rings is 1. The number of anilines is 1. The number of hydrogen-bond donors (Lipinski definition) is 2. The van der Waals surface area contributed by atoms with Gasteiger partial charge in [-0.25, -0.2) is 14.6 Å². The first kappa shape index (κ1) is 35.6. The van der Waals surface area contributed by atoms with Crippen LogP contribution in [0, 0.1) is 10.8 Å². The summed E-state index contributed by atoms with van der Waals surface area (Å²) in [4.78, 5) is 15.7. The van der Waals surface area contributed by atoms with Crippen molar-refractivity contribution in [3.05, 3.63) is 72.8 Å². The molecule has 1 saturated heterocycles. The van der Waals surface area contributed by atoms with Crippen LogP contribution in [0.15, 0.2) is 72.3 Å². The van der Waals surface area contributed by atoms with Crippen LogP contribution in [0.5, 0.6) is 5.88 Å². The van der Waals surface area contributed by atoms with Crippen molar-refractivity contribution in [1.29, 1.82) is 0 Å². The average molecular weight is 686 g/mol. The highest BCUT2D eigenvalue weighted by atomic mass is 32.2. The maximum atomic E-state index is 13.3. The number of nitrogens with zero attached hydrogens (tertiary/aromatic N) is 6. The number of aromatic nitrogens is 5. The molecule has 0 bridgehead atoms. The van der Waals surface area contributed by atoms with E-state index in [0.29, 0.717) is 31.3 Å². The van der Waals surface area contributed by atoms with Gasteiger partial charge in [-0.15, -0.1) is 5.10 Å². The summed E-state index contributed by atoms with van der Waals surface area (Å²) in [5.41, 5.74) is 1.43. The van der Waals surface area contributed by atoms with Crippen molar-refractivity contribution in [2.45, 2.75) is 57.2 Å². The van der Waals surface area contributed by atoms with Gasteiger partial charge in [0.1, 0.15) is 17.3 Å². The zero-order valence-electron chi connectivity index (χ0n) is 27.2. The number of aryl methyl sites for hydroxylation is 1. The summed E-state index contributed by atoms with van der Waals surface area (Å²) in [7, 11) is 0. The van der Waals surface area contributed by atoms with E-state index in [1.165, 1.54) is 10.7 Å². The summed E-state index contributed by atoms with van der Waals surface area (Å²) in [6, 6.07) is 13.5. The number of pyridine rings is 1. The quantitative estimate of drug-likeness (QED) is 0.0970. The number of ether oxygens (including phenoxy) is 2. The van der Waals surface area contributed by atoms with Crippen LogP contribution in [0.1, 0.15) is 45.1 Å². The second kappa shape index (κ2) is 15.7. The second-order valence-electron chi connectivity index (χ2n) is 12.9. The predicted octanol–water partition coefficient (Wildman–Crippen LogP) is 6.28. The van der Waals surface area contributed by atoms with E-state index in [1.807, 2.05) is 30.3 Å². The fraction of sp³-hybridized carbons (Fsp3) is 0.471. The largest absolute Gasteiger partial charge is 0.476 e. The van der Waals surface area contributed by atoms with E-state index in [-0.39, 0.29) is 17.9 Å².